The van der Waals surface area contributed by atoms with Crippen LogP contribution in [0.15, 0.2) is 42.9 Å². The molecule has 1 heterocycles. The van der Waals surface area contributed by atoms with Crippen LogP contribution < -0.4 is 9.64 Å². The van der Waals surface area contributed by atoms with E-state index in [-0.39, 0.29) is 12.2 Å². The largest absolute Gasteiger partial charge is 0.497 e. The first-order valence-corrected chi connectivity index (χ1v) is 6.51. The fourth-order valence-electron chi connectivity index (χ4n) is 2.00. The third-order valence-corrected chi connectivity index (χ3v) is 3.14. The van der Waals surface area contributed by atoms with Crippen LogP contribution in [0.25, 0.3) is 0 Å². The Labute approximate surface area is 127 Å². The zero-order chi connectivity index (χ0) is 15.9. The molecule has 1 unspecified atom stereocenters. The number of anilines is 1. The second-order valence-corrected chi connectivity index (χ2v) is 4.48. The molecule has 7 heteroatoms. The summed E-state index contributed by atoms with van der Waals surface area (Å²) in [5, 5.41) is 9.42. The first kappa shape index (κ1) is 15.4. The van der Waals surface area contributed by atoms with Gasteiger partial charge in [0, 0.05) is 18.8 Å². The quantitative estimate of drug-likeness (QED) is 0.771. The van der Waals surface area contributed by atoms with Crippen LogP contribution in [0.2, 0.25) is 0 Å². The number of carboxylic acid groups (broad SMARTS) is 1. The molecule has 1 atom stereocenters. The van der Waals surface area contributed by atoms with Crippen LogP contribution in [0.4, 0.5) is 5.82 Å². The second-order valence-electron chi connectivity index (χ2n) is 4.48. The fraction of sp³-hybridized carbons (Fsp3) is 0.200. The Bertz CT molecular complexity index is 631. The van der Waals surface area contributed by atoms with Crippen molar-refractivity contribution in [2.75, 3.05) is 12.0 Å². The van der Waals surface area contributed by atoms with Gasteiger partial charge in [0.25, 0.3) is 0 Å². The van der Waals surface area contributed by atoms with Crippen LogP contribution in [0, 0.1) is 0 Å². The van der Waals surface area contributed by atoms with Gasteiger partial charge in [-0.2, -0.15) is 0 Å². The lowest BCUT2D eigenvalue weighted by Crippen LogP contribution is -2.42. The molecule has 2 aromatic rings. The first-order chi connectivity index (χ1) is 10.7. The van der Waals surface area contributed by atoms with Gasteiger partial charge in [-0.05, 0) is 17.7 Å². The van der Waals surface area contributed by atoms with E-state index in [4.69, 9.17) is 4.74 Å². The number of carbonyl (C=O) groups is 2. The monoisotopic (exact) mass is 301 g/mol. The molecule has 1 aromatic heterocycles. The average molecular weight is 301 g/mol. The van der Waals surface area contributed by atoms with Gasteiger partial charge in [-0.1, -0.05) is 12.1 Å². The number of amides is 1. The van der Waals surface area contributed by atoms with E-state index in [1.54, 1.807) is 31.4 Å². The molecule has 22 heavy (non-hydrogen) atoms. The van der Waals surface area contributed by atoms with Gasteiger partial charge in [-0.15, -0.1) is 0 Å². The summed E-state index contributed by atoms with van der Waals surface area (Å²) in [5.41, 5.74) is 0.768. The minimum absolute atomic E-state index is 0.147. The Morgan fingerprint density at radius 2 is 2.09 bits per heavy atom. The number of carboxylic acids is 1. The minimum Gasteiger partial charge on any atom is -0.497 e. The summed E-state index contributed by atoms with van der Waals surface area (Å²) in [5.74, 6) is -0.247. The molecule has 0 saturated heterocycles. The highest BCUT2D eigenvalue weighted by Crippen LogP contribution is 2.17. The van der Waals surface area contributed by atoms with E-state index in [1.165, 1.54) is 18.6 Å². The third-order valence-electron chi connectivity index (χ3n) is 3.14. The van der Waals surface area contributed by atoms with Crippen LogP contribution in [-0.2, 0) is 16.0 Å². The number of benzene rings is 1. The van der Waals surface area contributed by atoms with Gasteiger partial charge in [-0.3, -0.25) is 14.7 Å². The molecule has 2 rings (SSSR count). The van der Waals surface area contributed by atoms with Gasteiger partial charge in [0.1, 0.15) is 11.8 Å². The Morgan fingerprint density at radius 1 is 1.36 bits per heavy atom. The molecule has 0 radical (unpaired) electrons. The smallest absolute Gasteiger partial charge is 0.327 e. The molecular weight excluding hydrogens is 286 g/mol. The van der Waals surface area contributed by atoms with Crippen molar-refractivity contribution in [3.63, 3.8) is 0 Å². The highest BCUT2D eigenvalue weighted by molar-refractivity contribution is 5.87. The summed E-state index contributed by atoms with van der Waals surface area (Å²) in [6.07, 6.45) is 4.79. The summed E-state index contributed by atoms with van der Waals surface area (Å²) in [6.45, 7) is 0. The van der Waals surface area contributed by atoms with E-state index in [9.17, 15) is 14.7 Å². The molecular formula is C15H15N3O4. The van der Waals surface area contributed by atoms with Crippen LogP contribution in [0.5, 0.6) is 5.75 Å². The zero-order valence-corrected chi connectivity index (χ0v) is 11.9. The van der Waals surface area contributed by atoms with Crippen molar-refractivity contribution in [1.29, 1.82) is 0 Å². The van der Waals surface area contributed by atoms with Gasteiger partial charge in [-0.25, -0.2) is 9.78 Å². The fourth-order valence-corrected chi connectivity index (χ4v) is 2.00. The molecule has 0 fully saturated rings. The number of hydrogen-bond donors (Lipinski definition) is 1. The molecule has 0 bridgehead atoms. The van der Waals surface area contributed by atoms with E-state index >= 15 is 0 Å². The number of aliphatic carboxylic acids is 1. The number of carbonyl (C=O) groups excluding carboxylic acids is 1. The van der Waals surface area contributed by atoms with Gasteiger partial charge in [0.05, 0.1) is 13.3 Å². The topological polar surface area (TPSA) is 92.6 Å². The predicted octanol–water partition coefficient (Wildman–Crippen LogP) is 1.14. The zero-order valence-electron chi connectivity index (χ0n) is 11.9. The minimum atomic E-state index is -1.12. The average Bonchev–Trinajstić information content (AvgIpc) is 2.56. The van der Waals surface area contributed by atoms with E-state index < -0.39 is 12.0 Å². The second kappa shape index (κ2) is 7.16. The molecule has 0 aliphatic rings. The lowest BCUT2D eigenvalue weighted by atomic mass is 10.0. The maximum atomic E-state index is 11.5. The number of hydrogen-bond acceptors (Lipinski definition) is 5. The highest BCUT2D eigenvalue weighted by atomic mass is 16.5. The SMILES string of the molecule is COc1ccc(CC(C(=O)O)N(C=O)c2cnccn2)cc1. The van der Waals surface area contributed by atoms with Crippen LogP contribution in [-0.4, -0.2) is 40.6 Å². The number of aromatic nitrogens is 2. The Kier molecular flexibility index (Phi) is 5.02. The molecule has 0 saturated carbocycles. The van der Waals surface area contributed by atoms with Crippen LogP contribution in [0.3, 0.4) is 0 Å². The third kappa shape index (κ3) is 3.57. The summed E-state index contributed by atoms with van der Waals surface area (Å²) in [6, 6.07) is 5.93. The van der Waals surface area contributed by atoms with Crippen molar-refractivity contribution in [3.8, 4) is 5.75 Å². The predicted molar refractivity (Wildman–Crippen MR) is 78.7 cm³/mol. The summed E-state index contributed by atoms with van der Waals surface area (Å²) in [7, 11) is 1.55. The molecule has 1 amide bonds. The van der Waals surface area contributed by atoms with Crippen molar-refractivity contribution < 1.29 is 19.4 Å². The van der Waals surface area contributed by atoms with Gasteiger partial charge >= 0.3 is 5.97 Å². The number of nitrogens with zero attached hydrogens (tertiary/aromatic N) is 3. The summed E-state index contributed by atoms with van der Waals surface area (Å²) < 4.78 is 5.06. The Morgan fingerprint density at radius 3 is 2.59 bits per heavy atom. The van der Waals surface area contributed by atoms with Crippen molar-refractivity contribution in [1.82, 2.24) is 9.97 Å². The molecule has 0 aliphatic carbocycles. The van der Waals surface area contributed by atoms with Gasteiger partial charge in [0.15, 0.2) is 5.82 Å². The maximum absolute atomic E-state index is 11.5. The molecule has 0 aliphatic heterocycles. The normalized spacial score (nSPS) is 11.5. The highest BCUT2D eigenvalue weighted by Gasteiger charge is 2.27. The van der Waals surface area contributed by atoms with Crippen molar-refractivity contribution in [3.05, 3.63) is 48.4 Å². The lowest BCUT2D eigenvalue weighted by Gasteiger charge is -2.23. The van der Waals surface area contributed by atoms with Crippen LogP contribution >= 0.6 is 0 Å². The van der Waals surface area contributed by atoms with E-state index in [0.29, 0.717) is 12.2 Å². The van der Waals surface area contributed by atoms with E-state index in [0.717, 1.165) is 10.5 Å². The lowest BCUT2D eigenvalue weighted by molar-refractivity contribution is -0.139. The summed E-state index contributed by atoms with van der Waals surface area (Å²) >= 11 is 0. The standard InChI is InChI=1S/C15H15N3O4/c1-22-12-4-2-11(3-5-12)8-13(15(20)21)18(10-19)14-9-16-6-7-17-14/h2-7,9-10,13H,8H2,1H3,(H,20,21). The molecule has 1 N–H and O–H groups in total. The van der Waals surface area contributed by atoms with Crippen molar-refractivity contribution in [2.24, 2.45) is 0 Å². The summed E-state index contributed by atoms with van der Waals surface area (Å²) in [4.78, 5) is 31.7. The van der Waals surface area contributed by atoms with Crippen LogP contribution in [0.1, 0.15) is 5.56 Å². The van der Waals surface area contributed by atoms with Crippen molar-refractivity contribution >= 4 is 18.2 Å². The molecule has 7 nitrogen and oxygen atoms in total. The molecule has 1 aromatic carbocycles. The first-order valence-electron chi connectivity index (χ1n) is 6.51. The van der Waals surface area contributed by atoms with Crippen molar-refractivity contribution in [2.45, 2.75) is 12.5 Å². The van der Waals surface area contributed by atoms with E-state index in [1.807, 2.05) is 0 Å². The molecule has 114 valence electrons. The number of methoxy groups -OCH3 is 1. The van der Waals surface area contributed by atoms with Gasteiger partial charge < -0.3 is 9.84 Å². The van der Waals surface area contributed by atoms with E-state index in [2.05, 4.69) is 9.97 Å². The Balaban J connectivity index is 2.24. The maximum Gasteiger partial charge on any atom is 0.327 e. The molecule has 0 spiro atoms. The Hall–Kier alpha value is -2.96. The number of rotatable bonds is 7. The van der Waals surface area contributed by atoms with Gasteiger partial charge in [0.2, 0.25) is 6.41 Å². The number of ether oxygens (including phenoxy) is 1.